The van der Waals surface area contributed by atoms with Crippen LogP contribution in [0.4, 0.5) is 5.69 Å². The summed E-state index contributed by atoms with van der Waals surface area (Å²) in [5, 5.41) is 21.5. The molecule has 0 atom stereocenters. The Kier molecular flexibility index (Phi) is 4.90. The van der Waals surface area contributed by atoms with Crippen molar-refractivity contribution >= 4 is 51.4 Å². The maximum atomic E-state index is 12.1. The fourth-order valence-corrected chi connectivity index (χ4v) is 3.48. The van der Waals surface area contributed by atoms with Crippen molar-refractivity contribution < 1.29 is 14.7 Å². The van der Waals surface area contributed by atoms with Gasteiger partial charge in [0.2, 0.25) is 11.1 Å². The van der Waals surface area contributed by atoms with Gasteiger partial charge in [-0.05, 0) is 24.3 Å². The monoisotopic (exact) mass is 393 g/mol. The molecule has 3 N–H and O–H groups in total. The summed E-state index contributed by atoms with van der Waals surface area (Å²) in [4.78, 5) is 30.7. The van der Waals surface area contributed by atoms with Crippen LogP contribution >= 0.6 is 11.8 Å². The number of thioether (sulfide) groups is 1. The van der Waals surface area contributed by atoms with Gasteiger partial charge in [0.25, 0.3) is 0 Å². The van der Waals surface area contributed by atoms with Gasteiger partial charge in [-0.15, -0.1) is 10.2 Å². The fourth-order valence-electron chi connectivity index (χ4n) is 2.76. The number of anilines is 1. The van der Waals surface area contributed by atoms with Crippen molar-refractivity contribution in [1.82, 2.24) is 20.2 Å². The molecule has 0 saturated carbocycles. The first-order valence-electron chi connectivity index (χ1n) is 8.47. The lowest BCUT2D eigenvalue weighted by atomic mass is 10.2. The quantitative estimate of drug-likeness (QED) is 0.430. The Morgan fingerprint density at radius 1 is 1.11 bits per heavy atom. The van der Waals surface area contributed by atoms with Crippen molar-refractivity contribution in [2.45, 2.75) is 11.6 Å². The molecule has 140 valence electrons. The minimum atomic E-state index is -1.04. The first-order chi connectivity index (χ1) is 13.6. The summed E-state index contributed by atoms with van der Waals surface area (Å²) in [5.74, 6) is -0.781. The Labute approximate surface area is 163 Å². The van der Waals surface area contributed by atoms with Crippen molar-refractivity contribution in [2.24, 2.45) is 0 Å². The molecule has 9 heteroatoms. The van der Waals surface area contributed by atoms with Crippen LogP contribution in [0.25, 0.3) is 22.1 Å². The Hall–Kier alpha value is -3.46. The highest BCUT2D eigenvalue weighted by molar-refractivity contribution is 7.99. The topological polar surface area (TPSA) is 121 Å². The molecule has 8 nitrogen and oxygen atoms in total. The average Bonchev–Trinajstić information content (AvgIpc) is 3.06. The molecule has 0 unspecified atom stereocenters. The number of benzene rings is 2. The Morgan fingerprint density at radius 3 is 2.82 bits per heavy atom. The highest BCUT2D eigenvalue weighted by atomic mass is 32.2. The third-order valence-corrected chi connectivity index (χ3v) is 4.90. The zero-order valence-electron chi connectivity index (χ0n) is 14.5. The molecule has 0 fully saturated rings. The van der Waals surface area contributed by atoms with Crippen LogP contribution in [0.5, 0.6) is 0 Å². The molecule has 2 aromatic carbocycles. The number of aromatic nitrogens is 4. The second-order valence-corrected chi connectivity index (χ2v) is 7.06. The number of carboxylic acid groups (broad SMARTS) is 1. The molecule has 0 aliphatic rings. The number of para-hydroxylation sites is 1. The second kappa shape index (κ2) is 7.65. The van der Waals surface area contributed by atoms with Gasteiger partial charge in [-0.3, -0.25) is 4.79 Å². The van der Waals surface area contributed by atoms with E-state index in [9.17, 15) is 9.59 Å². The van der Waals surface area contributed by atoms with Gasteiger partial charge in [-0.25, -0.2) is 9.78 Å². The van der Waals surface area contributed by atoms with E-state index in [1.165, 1.54) is 23.9 Å². The van der Waals surface area contributed by atoms with Crippen LogP contribution < -0.4 is 5.32 Å². The third kappa shape index (κ3) is 3.79. The lowest BCUT2D eigenvalue weighted by Crippen LogP contribution is -2.12. The zero-order chi connectivity index (χ0) is 19.5. The van der Waals surface area contributed by atoms with Gasteiger partial charge in [0.15, 0.2) is 5.65 Å². The molecule has 2 aromatic heterocycles. The molecule has 0 spiro atoms. The number of nitrogens with zero attached hydrogens (tertiary/aromatic N) is 3. The highest BCUT2D eigenvalue weighted by Gasteiger charge is 2.10. The molecule has 0 radical (unpaired) electrons. The summed E-state index contributed by atoms with van der Waals surface area (Å²) in [6.45, 7) is 0. The number of carboxylic acids is 1. The molecule has 2 heterocycles. The lowest BCUT2D eigenvalue weighted by Gasteiger charge is -2.05. The molecule has 4 rings (SSSR count). The van der Waals surface area contributed by atoms with Crippen molar-refractivity contribution in [3.8, 4) is 0 Å². The van der Waals surface area contributed by atoms with Gasteiger partial charge >= 0.3 is 5.97 Å². The SMILES string of the molecule is O=C(CCSc1nnc2c(n1)[nH]c1ccccc12)Nc1cccc(C(=O)O)c1. The van der Waals surface area contributed by atoms with Crippen molar-refractivity contribution in [2.75, 3.05) is 11.1 Å². The number of carbonyl (C=O) groups excluding carboxylic acids is 1. The highest BCUT2D eigenvalue weighted by Crippen LogP contribution is 2.23. The van der Waals surface area contributed by atoms with Gasteiger partial charge in [-0.1, -0.05) is 36.0 Å². The Balaban J connectivity index is 1.37. The molecule has 0 aliphatic heterocycles. The van der Waals surface area contributed by atoms with E-state index in [1.54, 1.807) is 12.1 Å². The lowest BCUT2D eigenvalue weighted by molar-refractivity contribution is -0.115. The van der Waals surface area contributed by atoms with Gasteiger partial charge < -0.3 is 15.4 Å². The number of aromatic amines is 1. The van der Waals surface area contributed by atoms with E-state index in [4.69, 9.17) is 5.11 Å². The van der Waals surface area contributed by atoms with E-state index in [0.29, 0.717) is 22.2 Å². The number of nitrogens with one attached hydrogen (secondary N) is 2. The number of carbonyl (C=O) groups is 2. The van der Waals surface area contributed by atoms with Crippen LogP contribution in [-0.2, 0) is 4.79 Å². The average molecular weight is 393 g/mol. The zero-order valence-corrected chi connectivity index (χ0v) is 15.4. The standard InChI is InChI=1S/C19H15N5O3S/c25-15(20-12-5-3-4-11(10-12)18(26)27)8-9-28-19-22-17-16(23-24-19)13-6-1-2-7-14(13)21-17/h1-7,10H,8-9H2,(H,20,25)(H,26,27)(H,21,22,24). The van der Waals surface area contributed by atoms with E-state index >= 15 is 0 Å². The predicted octanol–water partition coefficient (Wildman–Crippen LogP) is 3.33. The van der Waals surface area contributed by atoms with E-state index in [2.05, 4.69) is 25.5 Å². The third-order valence-electron chi connectivity index (χ3n) is 4.06. The van der Waals surface area contributed by atoms with E-state index in [1.807, 2.05) is 24.3 Å². The van der Waals surface area contributed by atoms with Crippen LogP contribution in [0.1, 0.15) is 16.8 Å². The summed E-state index contributed by atoms with van der Waals surface area (Å²) in [5.41, 5.74) is 2.90. The summed E-state index contributed by atoms with van der Waals surface area (Å²) in [6.07, 6.45) is 0.232. The predicted molar refractivity (Wildman–Crippen MR) is 107 cm³/mol. The smallest absolute Gasteiger partial charge is 0.335 e. The van der Waals surface area contributed by atoms with Crippen LogP contribution in [-0.4, -0.2) is 42.9 Å². The minimum Gasteiger partial charge on any atom is -0.478 e. The molecule has 1 amide bonds. The van der Waals surface area contributed by atoms with E-state index in [0.717, 1.165) is 16.4 Å². The molecule has 0 bridgehead atoms. The largest absolute Gasteiger partial charge is 0.478 e. The first-order valence-corrected chi connectivity index (χ1v) is 9.46. The molecule has 4 aromatic rings. The number of hydrogen-bond donors (Lipinski definition) is 3. The second-order valence-electron chi connectivity index (χ2n) is 5.99. The number of aromatic carboxylic acids is 1. The van der Waals surface area contributed by atoms with Crippen molar-refractivity contribution in [1.29, 1.82) is 0 Å². The minimum absolute atomic E-state index is 0.123. The van der Waals surface area contributed by atoms with Gasteiger partial charge in [0.1, 0.15) is 5.52 Å². The molecule has 0 saturated heterocycles. The van der Waals surface area contributed by atoms with Crippen molar-refractivity contribution in [3.63, 3.8) is 0 Å². The van der Waals surface area contributed by atoms with Crippen LogP contribution in [0.3, 0.4) is 0 Å². The van der Waals surface area contributed by atoms with Crippen LogP contribution in [0.15, 0.2) is 53.7 Å². The summed E-state index contributed by atoms with van der Waals surface area (Å²) in [6, 6.07) is 13.9. The fraction of sp³-hybridized carbons (Fsp3) is 0.105. The van der Waals surface area contributed by atoms with Gasteiger partial charge in [0.05, 0.1) is 5.56 Å². The van der Waals surface area contributed by atoms with Gasteiger partial charge in [-0.2, -0.15) is 0 Å². The normalized spacial score (nSPS) is 11.0. The number of amides is 1. The summed E-state index contributed by atoms with van der Waals surface area (Å²) in [7, 11) is 0. The van der Waals surface area contributed by atoms with Crippen molar-refractivity contribution in [3.05, 3.63) is 54.1 Å². The molecule has 0 aliphatic carbocycles. The summed E-state index contributed by atoms with van der Waals surface area (Å²) >= 11 is 1.33. The first kappa shape index (κ1) is 17.9. The Morgan fingerprint density at radius 2 is 1.96 bits per heavy atom. The number of fused-ring (bicyclic) bond motifs is 3. The number of H-pyrrole nitrogens is 1. The van der Waals surface area contributed by atoms with Crippen LogP contribution in [0.2, 0.25) is 0 Å². The van der Waals surface area contributed by atoms with Gasteiger partial charge in [0, 0.05) is 28.8 Å². The molecule has 28 heavy (non-hydrogen) atoms. The molecular weight excluding hydrogens is 378 g/mol. The maximum Gasteiger partial charge on any atom is 0.335 e. The van der Waals surface area contributed by atoms with E-state index in [-0.39, 0.29) is 17.9 Å². The Bertz CT molecular complexity index is 1190. The molecular formula is C19H15N5O3S. The maximum absolute atomic E-state index is 12.1. The summed E-state index contributed by atoms with van der Waals surface area (Å²) < 4.78 is 0. The van der Waals surface area contributed by atoms with E-state index < -0.39 is 5.97 Å². The van der Waals surface area contributed by atoms with Crippen LogP contribution in [0, 0.1) is 0 Å². The number of hydrogen-bond acceptors (Lipinski definition) is 6. The number of rotatable bonds is 6.